The molecule has 0 saturated heterocycles. The first-order valence-electron chi connectivity index (χ1n) is 5.23. The van der Waals surface area contributed by atoms with Crippen molar-refractivity contribution in [1.82, 2.24) is 5.32 Å². The van der Waals surface area contributed by atoms with E-state index in [-0.39, 0.29) is 5.91 Å². The second-order valence-electron chi connectivity index (χ2n) is 4.44. The number of rotatable bonds is 4. The van der Waals surface area contributed by atoms with Gasteiger partial charge in [-0.3, -0.25) is 4.79 Å². The molecule has 0 radical (unpaired) electrons. The van der Waals surface area contributed by atoms with E-state index >= 15 is 0 Å². The number of nitrogens with one attached hydrogen (secondary N) is 1. The Hall–Kier alpha value is -0.390. The fraction of sp³-hybridized carbons (Fsp3) is 0.545. The fourth-order valence-electron chi connectivity index (χ4n) is 1.63. The largest absolute Gasteiger partial charge is 0.388 e. The number of carbonyl (C=O) groups is 1. The quantitative estimate of drug-likeness (QED) is 0.897. The normalized spacial score (nSPS) is 19.2. The van der Waals surface area contributed by atoms with Crippen molar-refractivity contribution >= 4 is 33.2 Å². The summed E-state index contributed by atoms with van der Waals surface area (Å²) < 4.78 is 0.914. The Morgan fingerprint density at radius 1 is 1.75 bits per heavy atom. The number of amides is 1. The minimum Gasteiger partial charge on any atom is -0.388 e. The third-order valence-corrected chi connectivity index (χ3v) is 4.54. The Bertz CT molecular complexity index is 398. The van der Waals surface area contributed by atoms with E-state index in [9.17, 15) is 9.90 Å². The first-order chi connectivity index (χ1) is 7.49. The number of hydrogen-bond acceptors (Lipinski definition) is 3. The molecule has 1 fully saturated rings. The molecule has 16 heavy (non-hydrogen) atoms. The van der Waals surface area contributed by atoms with Crippen LogP contribution in [0.15, 0.2) is 15.9 Å². The van der Waals surface area contributed by atoms with Crippen molar-refractivity contribution in [2.45, 2.75) is 25.4 Å². The van der Waals surface area contributed by atoms with E-state index in [1.807, 2.05) is 5.38 Å². The summed E-state index contributed by atoms with van der Waals surface area (Å²) in [7, 11) is 0. The molecule has 1 heterocycles. The number of carbonyl (C=O) groups excluding carboxylic acids is 1. The van der Waals surface area contributed by atoms with Crippen LogP contribution >= 0.6 is 27.3 Å². The van der Waals surface area contributed by atoms with Crippen molar-refractivity contribution in [2.75, 3.05) is 6.54 Å². The van der Waals surface area contributed by atoms with Gasteiger partial charge in [-0.1, -0.05) is 0 Å². The van der Waals surface area contributed by atoms with Crippen molar-refractivity contribution < 1.29 is 9.90 Å². The Labute approximate surface area is 107 Å². The lowest BCUT2D eigenvalue weighted by atomic mass is 10.0. The number of hydrogen-bond donors (Lipinski definition) is 2. The second kappa shape index (κ2) is 4.47. The number of aliphatic hydroxyl groups is 1. The molecule has 2 rings (SSSR count). The molecule has 0 unspecified atom stereocenters. The molecule has 1 aliphatic carbocycles. The molecule has 3 nitrogen and oxygen atoms in total. The molecule has 0 bridgehead atoms. The zero-order valence-corrected chi connectivity index (χ0v) is 11.4. The lowest BCUT2D eigenvalue weighted by Crippen LogP contribution is -2.42. The molecular formula is C11H14BrNO2S. The summed E-state index contributed by atoms with van der Waals surface area (Å²) in [6, 6.07) is 1.78. The summed E-state index contributed by atoms with van der Waals surface area (Å²) >= 11 is 4.70. The maximum Gasteiger partial charge on any atom is 0.261 e. The zero-order valence-electron chi connectivity index (χ0n) is 9.00. The first kappa shape index (κ1) is 12.1. The van der Waals surface area contributed by atoms with Gasteiger partial charge in [-0.2, -0.15) is 0 Å². The molecular weight excluding hydrogens is 290 g/mol. The SMILES string of the molecule is C[C@](O)(CNC(=O)c1cc(Br)cs1)C1CC1. The predicted octanol–water partition coefficient (Wildman–Crippen LogP) is 2.40. The Kier molecular flexibility index (Phi) is 3.37. The van der Waals surface area contributed by atoms with E-state index in [1.165, 1.54) is 11.3 Å². The molecule has 0 aliphatic heterocycles. The smallest absolute Gasteiger partial charge is 0.261 e. The van der Waals surface area contributed by atoms with Crippen LogP contribution in [0.3, 0.4) is 0 Å². The van der Waals surface area contributed by atoms with Gasteiger partial charge >= 0.3 is 0 Å². The standard InChI is InChI=1S/C11H14BrNO2S/c1-11(15,7-2-3-7)6-13-10(14)9-4-8(12)5-16-9/h4-5,7,15H,2-3,6H2,1H3,(H,13,14)/t11-/m0/s1. The van der Waals surface area contributed by atoms with Crippen molar-refractivity contribution in [2.24, 2.45) is 5.92 Å². The van der Waals surface area contributed by atoms with E-state index in [1.54, 1.807) is 13.0 Å². The van der Waals surface area contributed by atoms with Gasteiger partial charge in [0.25, 0.3) is 5.91 Å². The molecule has 1 atom stereocenters. The predicted molar refractivity (Wildman–Crippen MR) is 67.7 cm³/mol. The van der Waals surface area contributed by atoms with Crippen LogP contribution < -0.4 is 5.32 Å². The molecule has 1 aromatic heterocycles. The molecule has 2 N–H and O–H groups in total. The topological polar surface area (TPSA) is 49.3 Å². The van der Waals surface area contributed by atoms with Crippen LogP contribution in [0.5, 0.6) is 0 Å². The van der Waals surface area contributed by atoms with Gasteiger partial charge in [-0.15, -0.1) is 11.3 Å². The summed E-state index contributed by atoms with van der Waals surface area (Å²) in [5.41, 5.74) is -0.760. The molecule has 5 heteroatoms. The van der Waals surface area contributed by atoms with Gasteiger partial charge in [-0.25, -0.2) is 0 Å². The molecule has 1 aliphatic rings. The lowest BCUT2D eigenvalue weighted by molar-refractivity contribution is 0.0355. The highest BCUT2D eigenvalue weighted by Gasteiger charge is 2.39. The fourth-order valence-corrected chi connectivity index (χ4v) is 2.97. The third-order valence-electron chi connectivity index (χ3n) is 2.85. The summed E-state index contributed by atoms with van der Waals surface area (Å²) in [6.07, 6.45) is 2.13. The van der Waals surface area contributed by atoms with E-state index in [2.05, 4.69) is 21.2 Å². The maximum atomic E-state index is 11.7. The number of thiophene rings is 1. The highest BCUT2D eigenvalue weighted by Crippen LogP contribution is 2.39. The van der Waals surface area contributed by atoms with E-state index in [0.29, 0.717) is 17.3 Å². The van der Waals surface area contributed by atoms with Crippen LogP contribution in [0, 0.1) is 5.92 Å². The minimum atomic E-state index is -0.760. The van der Waals surface area contributed by atoms with Gasteiger partial charge in [0, 0.05) is 16.4 Å². The second-order valence-corrected chi connectivity index (χ2v) is 6.27. The van der Waals surface area contributed by atoms with Crippen LogP contribution in [0.1, 0.15) is 29.4 Å². The van der Waals surface area contributed by atoms with Crippen molar-refractivity contribution in [3.63, 3.8) is 0 Å². The van der Waals surface area contributed by atoms with Crippen molar-refractivity contribution in [3.05, 3.63) is 20.8 Å². The molecule has 1 aromatic rings. The van der Waals surface area contributed by atoms with Crippen LogP contribution in [0.2, 0.25) is 0 Å². The highest BCUT2D eigenvalue weighted by molar-refractivity contribution is 9.10. The van der Waals surface area contributed by atoms with Gasteiger partial charge in [0.1, 0.15) is 0 Å². The molecule has 88 valence electrons. The molecule has 1 saturated carbocycles. The van der Waals surface area contributed by atoms with Crippen molar-refractivity contribution in [1.29, 1.82) is 0 Å². The molecule has 0 spiro atoms. The van der Waals surface area contributed by atoms with Gasteiger partial charge in [0.05, 0.1) is 10.5 Å². The summed E-state index contributed by atoms with van der Waals surface area (Å²) in [4.78, 5) is 12.4. The average Bonchev–Trinajstić information content (AvgIpc) is 2.99. The van der Waals surface area contributed by atoms with E-state index < -0.39 is 5.60 Å². The molecule has 1 amide bonds. The monoisotopic (exact) mass is 303 g/mol. The van der Waals surface area contributed by atoms with Crippen molar-refractivity contribution in [3.8, 4) is 0 Å². The Balaban J connectivity index is 1.88. The minimum absolute atomic E-state index is 0.114. The van der Waals surface area contributed by atoms with E-state index in [4.69, 9.17) is 0 Å². The Morgan fingerprint density at radius 2 is 2.44 bits per heavy atom. The summed E-state index contributed by atoms with van der Waals surface area (Å²) in [6.45, 7) is 2.11. The van der Waals surface area contributed by atoms with Gasteiger partial charge in [0.2, 0.25) is 0 Å². The lowest BCUT2D eigenvalue weighted by Gasteiger charge is -2.22. The van der Waals surface area contributed by atoms with Crippen LogP contribution in [0.4, 0.5) is 0 Å². The van der Waals surface area contributed by atoms with Gasteiger partial charge in [0.15, 0.2) is 0 Å². The van der Waals surface area contributed by atoms with Crippen LogP contribution in [0.25, 0.3) is 0 Å². The molecule has 0 aromatic carbocycles. The highest BCUT2D eigenvalue weighted by atomic mass is 79.9. The Morgan fingerprint density at radius 3 is 2.94 bits per heavy atom. The van der Waals surface area contributed by atoms with Gasteiger partial charge < -0.3 is 10.4 Å². The summed E-state index contributed by atoms with van der Waals surface area (Å²) in [5.74, 6) is 0.236. The van der Waals surface area contributed by atoms with E-state index in [0.717, 1.165) is 17.3 Å². The zero-order chi connectivity index (χ0) is 11.8. The third kappa shape index (κ3) is 2.84. The average molecular weight is 304 g/mol. The van der Waals surface area contributed by atoms with Gasteiger partial charge in [-0.05, 0) is 47.7 Å². The number of halogens is 1. The first-order valence-corrected chi connectivity index (χ1v) is 6.91. The van der Waals surface area contributed by atoms with Crippen LogP contribution in [-0.2, 0) is 0 Å². The van der Waals surface area contributed by atoms with Crippen LogP contribution in [-0.4, -0.2) is 23.2 Å². The maximum absolute atomic E-state index is 11.7. The summed E-state index contributed by atoms with van der Waals surface area (Å²) in [5, 5.41) is 14.7.